The summed E-state index contributed by atoms with van der Waals surface area (Å²) in [5.74, 6) is -0.0908. The number of fused-ring (bicyclic) bond motifs is 1. The molecule has 0 fully saturated rings. The van der Waals surface area contributed by atoms with Crippen molar-refractivity contribution < 1.29 is 23.8 Å². The number of benzene rings is 1. The van der Waals surface area contributed by atoms with Crippen molar-refractivity contribution in [3.05, 3.63) is 41.2 Å². The smallest absolute Gasteiger partial charge is 0.407 e. The number of aliphatic hydroxyl groups is 1. The van der Waals surface area contributed by atoms with E-state index in [2.05, 4.69) is 10.6 Å². The molecular formula is C18H23FN2O4. The highest BCUT2D eigenvalue weighted by atomic mass is 19.1. The van der Waals surface area contributed by atoms with E-state index < -0.39 is 17.8 Å². The van der Waals surface area contributed by atoms with Gasteiger partial charge in [-0.3, -0.25) is 4.79 Å². The molecule has 1 aliphatic rings. The molecule has 0 aliphatic carbocycles. The zero-order valence-corrected chi connectivity index (χ0v) is 14.6. The molecule has 0 saturated heterocycles. The highest BCUT2D eigenvalue weighted by molar-refractivity contribution is 5.94. The summed E-state index contributed by atoms with van der Waals surface area (Å²) in [7, 11) is 0. The predicted octanol–water partition coefficient (Wildman–Crippen LogP) is 2.98. The Labute approximate surface area is 146 Å². The number of hydrogen-bond donors (Lipinski definition) is 3. The Morgan fingerprint density at radius 1 is 1.44 bits per heavy atom. The van der Waals surface area contributed by atoms with E-state index in [0.29, 0.717) is 24.1 Å². The lowest BCUT2D eigenvalue weighted by Gasteiger charge is -2.22. The van der Waals surface area contributed by atoms with Crippen LogP contribution in [0.25, 0.3) is 0 Å². The molecule has 25 heavy (non-hydrogen) atoms. The summed E-state index contributed by atoms with van der Waals surface area (Å²) < 4.78 is 18.3. The molecule has 0 bridgehead atoms. The molecule has 1 aromatic rings. The van der Waals surface area contributed by atoms with Crippen molar-refractivity contribution in [2.75, 3.05) is 11.9 Å². The average molecular weight is 350 g/mol. The number of hydrogen-bond acceptors (Lipinski definition) is 4. The molecule has 1 aromatic carbocycles. The number of ether oxygens (including phenoxy) is 1. The minimum absolute atomic E-state index is 0.0204. The highest BCUT2D eigenvalue weighted by Gasteiger charge is 2.21. The number of aliphatic hydroxyl groups excluding tert-OH is 1. The maximum atomic E-state index is 13.2. The molecule has 0 spiro atoms. The Bertz CT molecular complexity index is 695. The summed E-state index contributed by atoms with van der Waals surface area (Å²) in [6, 6.07) is 5.09. The van der Waals surface area contributed by atoms with Gasteiger partial charge in [-0.25, -0.2) is 9.18 Å². The van der Waals surface area contributed by atoms with Crippen LogP contribution in [0, 0.1) is 0 Å². The minimum atomic E-state index is -1.25. The topological polar surface area (TPSA) is 87.7 Å². The Balaban J connectivity index is 2.05. The second-order valence-electron chi connectivity index (χ2n) is 6.91. The first-order valence-corrected chi connectivity index (χ1v) is 8.06. The Kier molecular flexibility index (Phi) is 5.79. The second kappa shape index (κ2) is 7.65. The number of anilines is 1. The molecule has 1 heterocycles. The summed E-state index contributed by atoms with van der Waals surface area (Å²) >= 11 is 0. The van der Waals surface area contributed by atoms with Gasteiger partial charge >= 0.3 is 6.09 Å². The Morgan fingerprint density at radius 3 is 2.80 bits per heavy atom. The molecule has 2 amide bonds. The summed E-state index contributed by atoms with van der Waals surface area (Å²) in [6.07, 6.45) is -0.630. The summed E-state index contributed by atoms with van der Waals surface area (Å²) in [5.41, 5.74) is 1.32. The number of aryl methyl sites for hydroxylation is 1. The van der Waals surface area contributed by atoms with E-state index in [9.17, 15) is 19.1 Å². The first kappa shape index (κ1) is 18.9. The van der Waals surface area contributed by atoms with Crippen LogP contribution >= 0.6 is 0 Å². The molecule has 0 radical (unpaired) electrons. The molecule has 1 unspecified atom stereocenters. The molecule has 1 atom stereocenters. The van der Waals surface area contributed by atoms with Crippen LogP contribution in [-0.4, -0.2) is 29.3 Å². The minimum Gasteiger partial charge on any atom is -0.444 e. The van der Waals surface area contributed by atoms with Gasteiger partial charge in [0.2, 0.25) is 5.91 Å². The van der Waals surface area contributed by atoms with Gasteiger partial charge in [-0.1, -0.05) is 12.1 Å². The Morgan fingerprint density at radius 2 is 2.16 bits per heavy atom. The molecule has 7 heteroatoms. The zero-order chi connectivity index (χ0) is 18.6. The van der Waals surface area contributed by atoms with Crippen molar-refractivity contribution in [3.8, 4) is 0 Å². The number of rotatable bonds is 4. The van der Waals surface area contributed by atoms with E-state index in [4.69, 9.17) is 4.74 Å². The van der Waals surface area contributed by atoms with Crippen molar-refractivity contribution in [1.29, 1.82) is 0 Å². The van der Waals surface area contributed by atoms with Crippen LogP contribution in [0.15, 0.2) is 30.1 Å². The first-order valence-electron chi connectivity index (χ1n) is 8.06. The fourth-order valence-corrected chi connectivity index (χ4v) is 2.46. The summed E-state index contributed by atoms with van der Waals surface area (Å²) in [6.45, 7) is 4.95. The quantitative estimate of drug-likeness (QED) is 0.779. The van der Waals surface area contributed by atoms with Crippen LogP contribution in [-0.2, 0) is 16.0 Å². The lowest BCUT2D eigenvalue weighted by atomic mass is 9.96. The normalized spacial score (nSPS) is 15.9. The predicted molar refractivity (Wildman–Crippen MR) is 91.8 cm³/mol. The fourth-order valence-electron chi connectivity index (χ4n) is 2.46. The highest BCUT2D eigenvalue weighted by Crippen LogP contribution is 2.29. The van der Waals surface area contributed by atoms with Crippen molar-refractivity contribution in [2.24, 2.45) is 0 Å². The molecular weight excluding hydrogens is 327 g/mol. The van der Waals surface area contributed by atoms with Crippen molar-refractivity contribution in [3.63, 3.8) is 0 Å². The van der Waals surface area contributed by atoms with E-state index in [1.165, 1.54) is 0 Å². The van der Waals surface area contributed by atoms with E-state index in [0.717, 1.165) is 5.56 Å². The largest absolute Gasteiger partial charge is 0.444 e. The van der Waals surface area contributed by atoms with Crippen molar-refractivity contribution >= 4 is 17.7 Å². The van der Waals surface area contributed by atoms with Crippen LogP contribution < -0.4 is 10.6 Å². The van der Waals surface area contributed by atoms with Gasteiger partial charge in [0, 0.05) is 24.2 Å². The van der Waals surface area contributed by atoms with Gasteiger partial charge in [-0.15, -0.1) is 0 Å². The maximum absolute atomic E-state index is 13.2. The molecule has 1 aliphatic heterocycles. The third-order valence-electron chi connectivity index (χ3n) is 3.67. The standard InChI is InChI=1S/C18H23FN2O4/c1-18(2,3)25-17(24)20-10-13(9-19)16(23)12-5-4-11-6-7-15(22)21-14(11)8-12/h4-5,8-9,16,23H,6-7,10H2,1-3H3,(H,20,24)(H,21,22)/b13-9-. The molecule has 0 aromatic heterocycles. The van der Waals surface area contributed by atoms with E-state index in [1.807, 2.05) is 0 Å². The number of carbonyl (C=O) groups excluding carboxylic acids is 2. The van der Waals surface area contributed by atoms with Crippen molar-refractivity contribution in [1.82, 2.24) is 5.32 Å². The van der Waals surface area contributed by atoms with Crippen molar-refractivity contribution in [2.45, 2.75) is 45.3 Å². The first-order chi connectivity index (χ1) is 11.7. The van der Waals surface area contributed by atoms with Gasteiger partial charge in [0.15, 0.2) is 0 Å². The number of carbonyl (C=O) groups is 2. The fraction of sp³-hybridized carbons (Fsp3) is 0.444. The van der Waals surface area contributed by atoms with Gasteiger partial charge in [-0.2, -0.15) is 0 Å². The molecule has 3 N–H and O–H groups in total. The maximum Gasteiger partial charge on any atom is 0.407 e. The molecule has 6 nitrogen and oxygen atoms in total. The molecule has 0 saturated carbocycles. The monoisotopic (exact) mass is 350 g/mol. The third kappa shape index (κ3) is 5.29. The third-order valence-corrected chi connectivity index (χ3v) is 3.67. The number of nitrogens with one attached hydrogen (secondary N) is 2. The van der Waals surface area contributed by atoms with Gasteiger partial charge in [-0.05, 0) is 44.4 Å². The van der Waals surface area contributed by atoms with Gasteiger partial charge < -0.3 is 20.5 Å². The van der Waals surface area contributed by atoms with E-state index >= 15 is 0 Å². The lowest BCUT2D eigenvalue weighted by molar-refractivity contribution is -0.116. The van der Waals surface area contributed by atoms with E-state index in [-0.39, 0.29) is 24.4 Å². The van der Waals surface area contributed by atoms with Gasteiger partial charge in [0.25, 0.3) is 0 Å². The zero-order valence-electron chi connectivity index (χ0n) is 14.6. The Hall–Kier alpha value is -2.41. The SMILES string of the molecule is CC(C)(C)OC(=O)NC/C(=C/F)C(O)c1ccc2c(c1)NC(=O)CC2. The lowest BCUT2D eigenvalue weighted by Crippen LogP contribution is -2.34. The van der Waals surface area contributed by atoms with Crippen LogP contribution in [0.3, 0.4) is 0 Å². The van der Waals surface area contributed by atoms with Crippen LogP contribution in [0.4, 0.5) is 14.9 Å². The van der Waals surface area contributed by atoms with Gasteiger partial charge in [0.05, 0.1) is 6.33 Å². The van der Waals surface area contributed by atoms with Crippen LogP contribution in [0.2, 0.25) is 0 Å². The molecule has 136 valence electrons. The van der Waals surface area contributed by atoms with Crippen LogP contribution in [0.1, 0.15) is 44.4 Å². The second-order valence-corrected chi connectivity index (χ2v) is 6.91. The summed E-state index contributed by atoms with van der Waals surface area (Å²) in [5, 5.41) is 15.5. The van der Waals surface area contributed by atoms with E-state index in [1.54, 1.807) is 39.0 Å². The van der Waals surface area contributed by atoms with Gasteiger partial charge in [0.1, 0.15) is 11.7 Å². The van der Waals surface area contributed by atoms with Crippen LogP contribution in [0.5, 0.6) is 0 Å². The number of amides is 2. The summed E-state index contributed by atoms with van der Waals surface area (Å²) in [4.78, 5) is 23.1. The number of halogens is 1. The number of alkyl carbamates (subject to hydrolysis) is 1. The average Bonchev–Trinajstić information content (AvgIpc) is 2.52. The molecule has 2 rings (SSSR count).